The SMILES string of the molecule is O=C(CSc1nc(=O)n2cc(Cl)ccc2n1)Nc1ccccc1F. The van der Waals surface area contributed by atoms with Gasteiger partial charge in [-0.1, -0.05) is 35.5 Å². The summed E-state index contributed by atoms with van der Waals surface area (Å²) in [6.07, 6.45) is 1.42. The Bertz CT molecular complexity index is 979. The zero-order valence-electron chi connectivity index (χ0n) is 12.1. The third-order valence-corrected chi connectivity index (χ3v) is 4.05. The zero-order valence-corrected chi connectivity index (χ0v) is 13.6. The number of amides is 1. The van der Waals surface area contributed by atoms with Gasteiger partial charge in [-0.3, -0.25) is 4.79 Å². The lowest BCUT2D eigenvalue weighted by molar-refractivity contribution is -0.113. The molecule has 0 atom stereocenters. The predicted molar refractivity (Wildman–Crippen MR) is 90.0 cm³/mol. The Morgan fingerprint density at radius 1 is 1.25 bits per heavy atom. The van der Waals surface area contributed by atoms with Gasteiger partial charge in [0.05, 0.1) is 16.5 Å². The van der Waals surface area contributed by atoms with Gasteiger partial charge in [-0.25, -0.2) is 18.6 Å². The number of hydrogen-bond donors (Lipinski definition) is 1. The van der Waals surface area contributed by atoms with E-state index in [2.05, 4.69) is 15.3 Å². The van der Waals surface area contributed by atoms with Crippen molar-refractivity contribution >= 4 is 40.6 Å². The molecule has 0 bridgehead atoms. The topological polar surface area (TPSA) is 76.4 Å². The second-order valence-corrected chi connectivity index (χ2v) is 6.06. The third kappa shape index (κ3) is 3.72. The van der Waals surface area contributed by atoms with E-state index in [4.69, 9.17) is 11.6 Å². The van der Waals surface area contributed by atoms with Crippen molar-refractivity contribution in [2.24, 2.45) is 0 Å². The number of para-hydroxylation sites is 1. The number of benzene rings is 1. The van der Waals surface area contributed by atoms with Gasteiger partial charge in [0.25, 0.3) is 0 Å². The molecular weight excluding hydrogens is 355 g/mol. The van der Waals surface area contributed by atoms with Gasteiger partial charge in [-0.15, -0.1) is 0 Å². The van der Waals surface area contributed by atoms with E-state index in [0.717, 1.165) is 11.8 Å². The van der Waals surface area contributed by atoms with Crippen LogP contribution < -0.4 is 11.0 Å². The molecule has 0 radical (unpaired) electrons. The number of pyridine rings is 1. The third-order valence-electron chi connectivity index (χ3n) is 2.98. The van der Waals surface area contributed by atoms with Gasteiger partial charge in [0.1, 0.15) is 11.5 Å². The van der Waals surface area contributed by atoms with E-state index in [-0.39, 0.29) is 16.6 Å². The van der Waals surface area contributed by atoms with Crippen LogP contribution in [0.4, 0.5) is 10.1 Å². The van der Waals surface area contributed by atoms with Crippen molar-refractivity contribution in [3.8, 4) is 0 Å². The number of nitrogens with one attached hydrogen (secondary N) is 1. The van der Waals surface area contributed by atoms with Gasteiger partial charge in [0.15, 0.2) is 5.16 Å². The zero-order chi connectivity index (χ0) is 17.1. The van der Waals surface area contributed by atoms with Gasteiger partial charge < -0.3 is 5.32 Å². The van der Waals surface area contributed by atoms with Gasteiger partial charge >= 0.3 is 5.69 Å². The highest BCUT2D eigenvalue weighted by atomic mass is 35.5. The molecule has 0 unspecified atom stereocenters. The Balaban J connectivity index is 1.71. The van der Waals surface area contributed by atoms with Crippen LogP contribution in [-0.4, -0.2) is 26.0 Å². The van der Waals surface area contributed by atoms with E-state index in [1.807, 2.05) is 0 Å². The van der Waals surface area contributed by atoms with Crippen LogP contribution in [0.2, 0.25) is 5.02 Å². The van der Waals surface area contributed by atoms with Crippen molar-refractivity contribution < 1.29 is 9.18 Å². The lowest BCUT2D eigenvalue weighted by Crippen LogP contribution is -2.20. The van der Waals surface area contributed by atoms with Gasteiger partial charge in [0.2, 0.25) is 5.91 Å². The molecule has 0 aliphatic carbocycles. The number of rotatable bonds is 4. The second kappa shape index (κ2) is 6.98. The molecule has 0 saturated carbocycles. The Morgan fingerprint density at radius 3 is 2.83 bits per heavy atom. The highest BCUT2D eigenvalue weighted by molar-refractivity contribution is 7.99. The van der Waals surface area contributed by atoms with Gasteiger partial charge in [-0.05, 0) is 24.3 Å². The van der Waals surface area contributed by atoms with Crippen LogP contribution in [-0.2, 0) is 4.79 Å². The molecule has 0 aliphatic rings. The molecule has 24 heavy (non-hydrogen) atoms. The van der Waals surface area contributed by atoms with Gasteiger partial charge in [0, 0.05) is 6.20 Å². The molecule has 2 heterocycles. The average molecular weight is 365 g/mol. The second-order valence-electron chi connectivity index (χ2n) is 4.68. The lowest BCUT2D eigenvalue weighted by atomic mass is 10.3. The van der Waals surface area contributed by atoms with Crippen molar-refractivity contribution in [3.05, 3.63) is 63.9 Å². The van der Waals surface area contributed by atoms with Gasteiger partial charge in [-0.2, -0.15) is 4.98 Å². The Labute approximate surface area is 144 Å². The summed E-state index contributed by atoms with van der Waals surface area (Å²) in [5.41, 5.74) is -0.0758. The molecule has 0 aliphatic heterocycles. The van der Waals surface area contributed by atoms with Crippen LogP contribution in [0.25, 0.3) is 5.65 Å². The first-order chi connectivity index (χ1) is 11.5. The number of halogens is 2. The molecule has 0 fully saturated rings. The van der Waals surface area contributed by atoms with Crippen molar-refractivity contribution in [1.29, 1.82) is 0 Å². The first-order valence-corrected chi connectivity index (χ1v) is 8.12. The molecular formula is C15H10ClFN4O2S. The fraction of sp³-hybridized carbons (Fsp3) is 0.0667. The Morgan fingerprint density at radius 2 is 2.04 bits per heavy atom. The molecule has 3 aromatic rings. The highest BCUT2D eigenvalue weighted by Gasteiger charge is 2.10. The van der Waals surface area contributed by atoms with Crippen molar-refractivity contribution in [2.75, 3.05) is 11.1 Å². The minimum Gasteiger partial charge on any atom is -0.323 e. The van der Waals surface area contributed by atoms with Crippen LogP contribution in [0.15, 0.2) is 52.5 Å². The summed E-state index contributed by atoms with van der Waals surface area (Å²) in [4.78, 5) is 31.8. The predicted octanol–water partition coefficient (Wildman–Crippen LogP) is 2.61. The molecule has 0 spiro atoms. The number of carbonyl (C=O) groups excluding carboxylic acids is 1. The Kier molecular flexibility index (Phi) is 4.77. The number of thioether (sulfide) groups is 1. The largest absolute Gasteiger partial charge is 0.355 e. The molecule has 6 nitrogen and oxygen atoms in total. The summed E-state index contributed by atoms with van der Waals surface area (Å²) in [5.74, 6) is -1.00. The van der Waals surface area contributed by atoms with E-state index >= 15 is 0 Å². The smallest absolute Gasteiger partial charge is 0.323 e. The number of carbonyl (C=O) groups is 1. The molecule has 2 aromatic heterocycles. The fourth-order valence-corrected chi connectivity index (χ4v) is 2.71. The maximum Gasteiger partial charge on any atom is 0.355 e. The number of hydrogen-bond acceptors (Lipinski definition) is 5. The maximum atomic E-state index is 13.5. The fourth-order valence-electron chi connectivity index (χ4n) is 1.91. The number of aromatic nitrogens is 3. The maximum absolute atomic E-state index is 13.5. The standard InChI is InChI=1S/C15H10ClFN4O2S/c16-9-5-6-12-19-14(20-15(23)21(12)7-9)24-8-13(22)18-11-4-2-1-3-10(11)17/h1-7H,8H2,(H,18,22). The van der Waals surface area contributed by atoms with Crippen molar-refractivity contribution in [2.45, 2.75) is 5.16 Å². The molecule has 1 amide bonds. The molecule has 3 rings (SSSR count). The summed E-state index contributed by atoms with van der Waals surface area (Å²) in [5, 5.41) is 2.99. The van der Waals surface area contributed by atoms with Crippen LogP contribution in [0.1, 0.15) is 0 Å². The first-order valence-electron chi connectivity index (χ1n) is 6.76. The first kappa shape index (κ1) is 16.4. The summed E-state index contributed by atoms with van der Waals surface area (Å²) in [7, 11) is 0. The van der Waals surface area contributed by atoms with Crippen molar-refractivity contribution in [1.82, 2.24) is 14.4 Å². The lowest BCUT2D eigenvalue weighted by Gasteiger charge is -2.06. The number of anilines is 1. The van der Waals surface area contributed by atoms with E-state index in [1.54, 1.807) is 18.2 Å². The van der Waals surface area contributed by atoms with Crippen LogP contribution in [0, 0.1) is 5.82 Å². The monoisotopic (exact) mass is 364 g/mol. The summed E-state index contributed by atoms with van der Waals surface area (Å²) < 4.78 is 14.7. The number of fused-ring (bicyclic) bond motifs is 1. The molecule has 1 aromatic carbocycles. The molecule has 1 N–H and O–H groups in total. The van der Waals surface area contributed by atoms with Crippen LogP contribution >= 0.6 is 23.4 Å². The van der Waals surface area contributed by atoms with E-state index in [9.17, 15) is 14.0 Å². The van der Waals surface area contributed by atoms with Crippen LogP contribution in [0.5, 0.6) is 0 Å². The molecule has 9 heteroatoms. The molecule has 0 saturated heterocycles. The normalized spacial score (nSPS) is 10.8. The summed E-state index contributed by atoms with van der Waals surface area (Å²) in [6.45, 7) is 0. The molecule has 122 valence electrons. The van der Waals surface area contributed by atoms with E-state index in [1.165, 1.54) is 28.8 Å². The quantitative estimate of drug-likeness (QED) is 0.720. The summed E-state index contributed by atoms with van der Waals surface area (Å²) in [6, 6.07) is 9.03. The number of nitrogens with zero attached hydrogens (tertiary/aromatic N) is 3. The summed E-state index contributed by atoms with van der Waals surface area (Å²) >= 11 is 6.80. The van der Waals surface area contributed by atoms with E-state index < -0.39 is 17.4 Å². The van der Waals surface area contributed by atoms with E-state index in [0.29, 0.717) is 10.7 Å². The van der Waals surface area contributed by atoms with Crippen molar-refractivity contribution in [3.63, 3.8) is 0 Å². The average Bonchev–Trinajstić information content (AvgIpc) is 2.56. The highest BCUT2D eigenvalue weighted by Crippen LogP contribution is 2.16. The minimum absolute atomic E-state index is 0.0580. The van der Waals surface area contributed by atoms with Crippen LogP contribution in [0.3, 0.4) is 0 Å². The minimum atomic E-state index is -0.542. The Hall–Kier alpha value is -2.45.